The van der Waals surface area contributed by atoms with Gasteiger partial charge in [-0.15, -0.1) is 22.7 Å². The molecule has 0 N–H and O–H groups in total. The molecule has 0 saturated carbocycles. The molecule has 0 amide bonds. The van der Waals surface area contributed by atoms with Crippen LogP contribution in [0.15, 0.2) is 200 Å². The zero-order valence-corrected chi connectivity index (χ0v) is 31.4. The van der Waals surface area contributed by atoms with E-state index in [0.717, 1.165) is 17.1 Å². The standard InChI is InChI=1S/C52H33NS2/c1-3-10-34(11-4-1)36-18-26-40(27-19-36)53(41-28-20-37(21-29-41)35-12-5-2-6-13-35)42-30-22-38(23-31-42)43-15-9-17-46-50(43)52-48(55-46)33-25-39-24-32-47-51(49(39)52)44-14-7-8-16-45(44)54-47/h1-33H. The fraction of sp³-hybridized carbons (Fsp3) is 0. The van der Waals surface area contributed by atoms with Crippen LogP contribution >= 0.6 is 22.7 Å². The minimum absolute atomic E-state index is 1.11. The molecule has 0 aliphatic carbocycles. The summed E-state index contributed by atoms with van der Waals surface area (Å²) >= 11 is 3.79. The van der Waals surface area contributed by atoms with Gasteiger partial charge in [0, 0.05) is 62.8 Å². The van der Waals surface area contributed by atoms with Crippen molar-refractivity contribution in [3.63, 3.8) is 0 Å². The molecule has 258 valence electrons. The highest BCUT2D eigenvalue weighted by Gasteiger charge is 2.19. The third-order valence-corrected chi connectivity index (χ3v) is 13.1. The Morgan fingerprint density at radius 2 is 0.727 bits per heavy atom. The number of hydrogen-bond acceptors (Lipinski definition) is 3. The Bertz CT molecular complexity index is 3070. The van der Waals surface area contributed by atoms with Gasteiger partial charge in [-0.2, -0.15) is 0 Å². The monoisotopic (exact) mass is 735 g/mol. The summed E-state index contributed by atoms with van der Waals surface area (Å²) in [7, 11) is 0. The summed E-state index contributed by atoms with van der Waals surface area (Å²) in [5.74, 6) is 0. The zero-order chi connectivity index (χ0) is 36.3. The summed E-state index contributed by atoms with van der Waals surface area (Å²) in [4.78, 5) is 2.36. The van der Waals surface area contributed by atoms with Crippen LogP contribution in [0.1, 0.15) is 0 Å². The number of nitrogens with zero attached hydrogens (tertiary/aromatic N) is 1. The first kappa shape index (κ1) is 32.0. The molecule has 2 aromatic heterocycles. The van der Waals surface area contributed by atoms with Crippen LogP contribution in [0.3, 0.4) is 0 Å². The van der Waals surface area contributed by atoms with Gasteiger partial charge in [0.25, 0.3) is 0 Å². The van der Waals surface area contributed by atoms with Gasteiger partial charge in [0.15, 0.2) is 0 Å². The first-order chi connectivity index (χ1) is 27.3. The van der Waals surface area contributed by atoms with Crippen molar-refractivity contribution in [1.82, 2.24) is 0 Å². The van der Waals surface area contributed by atoms with Gasteiger partial charge in [-0.05, 0) is 99.4 Å². The maximum Gasteiger partial charge on any atom is 0.0462 e. The molecule has 1 nitrogen and oxygen atoms in total. The summed E-state index contributed by atoms with van der Waals surface area (Å²) < 4.78 is 5.33. The Hall–Kier alpha value is -6.52. The summed E-state index contributed by atoms with van der Waals surface area (Å²) in [5, 5.41) is 8.09. The maximum atomic E-state index is 2.36. The van der Waals surface area contributed by atoms with E-state index in [1.54, 1.807) is 0 Å². The second kappa shape index (κ2) is 13.1. The predicted octanol–water partition coefficient (Wildman–Crippen LogP) is 16.0. The van der Waals surface area contributed by atoms with Gasteiger partial charge < -0.3 is 4.90 Å². The van der Waals surface area contributed by atoms with Gasteiger partial charge >= 0.3 is 0 Å². The summed E-state index contributed by atoms with van der Waals surface area (Å²) in [6, 6.07) is 73.1. The zero-order valence-electron chi connectivity index (χ0n) is 29.8. The SMILES string of the molecule is c1ccc(-c2ccc(N(c3ccc(-c4ccccc4)cc3)c3ccc(-c4cccc5sc6ccc7ccc8sc9ccccc9c8c7c6c45)cc3)cc2)cc1. The molecule has 0 unspecified atom stereocenters. The lowest BCUT2D eigenvalue weighted by atomic mass is 9.94. The number of anilines is 3. The molecule has 0 saturated heterocycles. The fourth-order valence-corrected chi connectivity index (χ4v) is 10.5. The minimum Gasteiger partial charge on any atom is -0.311 e. The first-order valence-corrected chi connectivity index (χ1v) is 20.3. The van der Waals surface area contributed by atoms with Crippen LogP contribution in [-0.2, 0) is 0 Å². The normalized spacial score (nSPS) is 11.6. The second-order valence-electron chi connectivity index (χ2n) is 14.1. The lowest BCUT2D eigenvalue weighted by molar-refractivity contribution is 1.28. The van der Waals surface area contributed by atoms with Crippen molar-refractivity contribution in [3.05, 3.63) is 200 Å². The molecule has 0 fully saturated rings. The first-order valence-electron chi connectivity index (χ1n) is 18.7. The van der Waals surface area contributed by atoms with Crippen molar-refractivity contribution in [1.29, 1.82) is 0 Å². The third kappa shape index (κ3) is 5.43. The molecule has 11 rings (SSSR count). The molecular weight excluding hydrogens is 703 g/mol. The molecule has 0 aliphatic rings. The molecule has 2 heterocycles. The lowest BCUT2D eigenvalue weighted by Crippen LogP contribution is -2.09. The van der Waals surface area contributed by atoms with E-state index in [1.807, 2.05) is 22.7 Å². The van der Waals surface area contributed by atoms with Crippen LogP contribution in [0.2, 0.25) is 0 Å². The van der Waals surface area contributed by atoms with E-state index in [1.165, 1.54) is 84.5 Å². The second-order valence-corrected chi connectivity index (χ2v) is 16.2. The molecule has 0 atom stereocenters. The Morgan fingerprint density at radius 3 is 1.33 bits per heavy atom. The molecule has 3 heteroatoms. The van der Waals surface area contributed by atoms with Crippen LogP contribution in [0, 0.1) is 0 Å². The average molecular weight is 736 g/mol. The van der Waals surface area contributed by atoms with Gasteiger partial charge in [-0.25, -0.2) is 0 Å². The largest absolute Gasteiger partial charge is 0.311 e. The quantitative estimate of drug-likeness (QED) is 0.164. The van der Waals surface area contributed by atoms with Crippen molar-refractivity contribution in [2.24, 2.45) is 0 Å². The van der Waals surface area contributed by atoms with Gasteiger partial charge in [-0.1, -0.05) is 140 Å². The average Bonchev–Trinajstić information content (AvgIpc) is 3.84. The van der Waals surface area contributed by atoms with E-state index in [0.29, 0.717) is 0 Å². The van der Waals surface area contributed by atoms with Gasteiger partial charge in [0.05, 0.1) is 0 Å². The van der Waals surface area contributed by atoms with Crippen molar-refractivity contribution >= 4 is 90.9 Å². The van der Waals surface area contributed by atoms with Crippen molar-refractivity contribution < 1.29 is 0 Å². The van der Waals surface area contributed by atoms with Gasteiger partial charge in [0.2, 0.25) is 0 Å². The van der Waals surface area contributed by atoms with Gasteiger partial charge in [0.1, 0.15) is 0 Å². The van der Waals surface area contributed by atoms with Crippen molar-refractivity contribution in [3.8, 4) is 33.4 Å². The van der Waals surface area contributed by atoms with Crippen LogP contribution in [0.5, 0.6) is 0 Å². The number of benzene rings is 9. The molecular formula is C52H33NS2. The van der Waals surface area contributed by atoms with E-state index in [4.69, 9.17) is 0 Å². The lowest BCUT2D eigenvalue weighted by Gasteiger charge is -2.26. The molecule has 0 aliphatic heterocycles. The summed E-state index contributed by atoms with van der Waals surface area (Å²) in [6.07, 6.45) is 0. The fourth-order valence-electron chi connectivity index (χ4n) is 8.28. The molecule has 0 radical (unpaired) electrons. The Labute approximate surface area is 327 Å². The van der Waals surface area contributed by atoms with Crippen LogP contribution in [-0.4, -0.2) is 0 Å². The van der Waals surface area contributed by atoms with Crippen molar-refractivity contribution in [2.45, 2.75) is 0 Å². The third-order valence-electron chi connectivity index (χ3n) is 10.9. The Kier molecular flexibility index (Phi) is 7.61. The molecule has 55 heavy (non-hydrogen) atoms. The smallest absolute Gasteiger partial charge is 0.0462 e. The van der Waals surface area contributed by atoms with E-state index < -0.39 is 0 Å². The topological polar surface area (TPSA) is 3.24 Å². The van der Waals surface area contributed by atoms with E-state index in [-0.39, 0.29) is 0 Å². The summed E-state index contributed by atoms with van der Waals surface area (Å²) in [5.41, 5.74) is 10.7. The Balaban J connectivity index is 1.05. The van der Waals surface area contributed by atoms with Crippen LogP contribution in [0.4, 0.5) is 17.1 Å². The Morgan fingerprint density at radius 1 is 0.273 bits per heavy atom. The highest BCUT2D eigenvalue weighted by Crippen LogP contribution is 2.48. The molecule has 0 bridgehead atoms. The summed E-state index contributed by atoms with van der Waals surface area (Å²) in [6.45, 7) is 0. The van der Waals surface area contributed by atoms with Crippen LogP contribution in [0.25, 0.3) is 84.5 Å². The highest BCUT2D eigenvalue weighted by atomic mass is 32.1. The number of hydrogen-bond donors (Lipinski definition) is 0. The van der Waals surface area contributed by atoms with Crippen LogP contribution < -0.4 is 4.90 Å². The number of fused-ring (bicyclic) bond motifs is 9. The predicted molar refractivity (Wildman–Crippen MR) is 241 cm³/mol. The minimum atomic E-state index is 1.11. The van der Waals surface area contributed by atoms with E-state index in [2.05, 4.69) is 205 Å². The number of rotatable bonds is 6. The van der Waals surface area contributed by atoms with Gasteiger partial charge in [-0.3, -0.25) is 0 Å². The van der Waals surface area contributed by atoms with Crippen molar-refractivity contribution in [2.75, 3.05) is 4.90 Å². The van der Waals surface area contributed by atoms with E-state index >= 15 is 0 Å². The molecule has 0 spiro atoms. The van der Waals surface area contributed by atoms with E-state index in [9.17, 15) is 0 Å². The molecule has 11 aromatic rings. The maximum absolute atomic E-state index is 2.36. The number of thiophene rings is 2. The highest BCUT2D eigenvalue weighted by molar-refractivity contribution is 7.27. The molecule has 9 aromatic carbocycles.